The Morgan fingerprint density at radius 3 is 2.71 bits per heavy atom. The van der Waals surface area contributed by atoms with Crippen molar-refractivity contribution in [3.05, 3.63) is 24.3 Å². The maximum atomic E-state index is 3.99. The maximum Gasteiger partial charge on any atom is 0.0533 e. The molecular formula is C13H19Br. The van der Waals surface area contributed by atoms with Crippen LogP contribution in [0.1, 0.15) is 33.1 Å². The largest absolute Gasteiger partial charge is 0.0798 e. The van der Waals surface area contributed by atoms with Gasteiger partial charge in [0.2, 0.25) is 0 Å². The van der Waals surface area contributed by atoms with Crippen LogP contribution in [0.3, 0.4) is 0 Å². The van der Waals surface area contributed by atoms with Crippen molar-refractivity contribution in [2.24, 2.45) is 17.8 Å². The van der Waals surface area contributed by atoms with E-state index in [0.29, 0.717) is 0 Å². The molecule has 0 saturated heterocycles. The highest BCUT2D eigenvalue weighted by molar-refractivity contribution is 9.10. The van der Waals surface area contributed by atoms with Gasteiger partial charge in [0.1, 0.15) is 0 Å². The average Bonchev–Trinajstić information content (AvgIpc) is 2.49. The summed E-state index contributed by atoms with van der Waals surface area (Å²) < 4.78 is 0.275. The monoisotopic (exact) mass is 254 g/mol. The van der Waals surface area contributed by atoms with Gasteiger partial charge in [-0.1, -0.05) is 66.9 Å². The predicted octanol–water partition coefficient (Wildman–Crippen LogP) is 4.32. The molecule has 0 nitrogen and oxygen atoms in total. The van der Waals surface area contributed by atoms with Crippen molar-refractivity contribution in [3.8, 4) is 0 Å². The molecule has 78 valence electrons. The Balaban J connectivity index is 2.29. The lowest BCUT2D eigenvalue weighted by Gasteiger charge is -2.33. The minimum atomic E-state index is 0.275. The molecular weight excluding hydrogens is 236 g/mol. The zero-order chi connectivity index (χ0) is 10.2. The summed E-state index contributed by atoms with van der Waals surface area (Å²) in [6.07, 6.45) is 13.1. The van der Waals surface area contributed by atoms with E-state index in [1.165, 1.54) is 19.3 Å². The third kappa shape index (κ3) is 1.41. The van der Waals surface area contributed by atoms with Gasteiger partial charge in [0.25, 0.3) is 0 Å². The van der Waals surface area contributed by atoms with Crippen molar-refractivity contribution in [3.63, 3.8) is 0 Å². The second-order valence-electron chi connectivity index (χ2n) is 4.60. The fraction of sp³-hybridized carbons (Fsp3) is 0.692. The van der Waals surface area contributed by atoms with Crippen LogP contribution in [0, 0.1) is 17.8 Å². The summed E-state index contributed by atoms with van der Waals surface area (Å²) in [4.78, 5) is 0. The van der Waals surface area contributed by atoms with E-state index in [1.54, 1.807) is 0 Å². The van der Waals surface area contributed by atoms with E-state index in [0.717, 1.165) is 17.8 Å². The highest BCUT2D eigenvalue weighted by Gasteiger charge is 2.49. The van der Waals surface area contributed by atoms with Crippen LogP contribution in [-0.4, -0.2) is 4.32 Å². The summed E-state index contributed by atoms with van der Waals surface area (Å²) in [5.41, 5.74) is 0. The lowest BCUT2D eigenvalue weighted by Crippen LogP contribution is -2.32. The molecule has 2 aliphatic carbocycles. The maximum absolute atomic E-state index is 3.99. The highest BCUT2D eigenvalue weighted by Crippen LogP contribution is 2.55. The molecule has 0 heterocycles. The summed E-state index contributed by atoms with van der Waals surface area (Å²) in [7, 11) is 0. The highest BCUT2D eigenvalue weighted by atomic mass is 79.9. The van der Waals surface area contributed by atoms with E-state index >= 15 is 0 Å². The van der Waals surface area contributed by atoms with Crippen molar-refractivity contribution in [2.75, 3.05) is 0 Å². The number of halogens is 1. The molecule has 1 heteroatoms. The lowest BCUT2D eigenvalue weighted by molar-refractivity contribution is 0.348. The molecule has 4 atom stereocenters. The van der Waals surface area contributed by atoms with Gasteiger partial charge in [-0.05, 0) is 24.2 Å². The van der Waals surface area contributed by atoms with Crippen molar-refractivity contribution >= 4 is 15.9 Å². The molecule has 0 N–H and O–H groups in total. The summed E-state index contributed by atoms with van der Waals surface area (Å²) in [6.45, 7) is 4.65. The molecule has 0 spiro atoms. The average molecular weight is 255 g/mol. The molecule has 0 aromatic heterocycles. The summed E-state index contributed by atoms with van der Waals surface area (Å²) in [5, 5.41) is 0. The van der Waals surface area contributed by atoms with Gasteiger partial charge in [-0.25, -0.2) is 0 Å². The number of fused-ring (bicyclic) bond motifs is 1. The van der Waals surface area contributed by atoms with Gasteiger partial charge in [0, 0.05) is 0 Å². The standard InChI is InChI=1S/C13H19Br/c1-3-10-9-11-7-5-6-8-13(11,14)12(10)4-2/h5-8,10-12H,3-4,9H2,1-2H3. The van der Waals surface area contributed by atoms with Crippen LogP contribution in [0.4, 0.5) is 0 Å². The van der Waals surface area contributed by atoms with Gasteiger partial charge in [0.05, 0.1) is 4.32 Å². The van der Waals surface area contributed by atoms with E-state index in [4.69, 9.17) is 0 Å². The van der Waals surface area contributed by atoms with Crippen molar-refractivity contribution in [2.45, 2.75) is 37.4 Å². The van der Waals surface area contributed by atoms with Crippen molar-refractivity contribution in [1.29, 1.82) is 0 Å². The summed E-state index contributed by atoms with van der Waals surface area (Å²) in [5.74, 6) is 2.44. The minimum Gasteiger partial charge on any atom is -0.0798 e. The Kier molecular flexibility index (Phi) is 2.88. The molecule has 14 heavy (non-hydrogen) atoms. The summed E-state index contributed by atoms with van der Waals surface area (Å²) in [6, 6.07) is 0. The molecule has 0 radical (unpaired) electrons. The number of alkyl halides is 1. The molecule has 0 aliphatic heterocycles. The van der Waals surface area contributed by atoms with Gasteiger partial charge in [-0.3, -0.25) is 0 Å². The van der Waals surface area contributed by atoms with Crippen LogP contribution in [-0.2, 0) is 0 Å². The molecule has 0 amide bonds. The van der Waals surface area contributed by atoms with Gasteiger partial charge >= 0.3 is 0 Å². The SMILES string of the molecule is CCC1CC2C=CC=CC2(Br)C1CC. The van der Waals surface area contributed by atoms with Gasteiger partial charge < -0.3 is 0 Å². The van der Waals surface area contributed by atoms with Crippen LogP contribution in [0.5, 0.6) is 0 Å². The quantitative estimate of drug-likeness (QED) is 0.645. The first kappa shape index (κ1) is 10.5. The zero-order valence-corrected chi connectivity index (χ0v) is 10.6. The van der Waals surface area contributed by atoms with E-state index in [1.807, 2.05) is 0 Å². The Morgan fingerprint density at radius 1 is 1.29 bits per heavy atom. The fourth-order valence-electron chi connectivity index (χ4n) is 3.28. The first-order valence-corrected chi connectivity index (χ1v) is 6.56. The number of hydrogen-bond acceptors (Lipinski definition) is 0. The van der Waals surface area contributed by atoms with E-state index in [2.05, 4.69) is 54.1 Å². The second-order valence-corrected chi connectivity index (χ2v) is 5.97. The Hall–Kier alpha value is -0.0400. The van der Waals surface area contributed by atoms with Gasteiger partial charge in [-0.15, -0.1) is 0 Å². The first-order chi connectivity index (χ1) is 6.72. The zero-order valence-electron chi connectivity index (χ0n) is 9.04. The van der Waals surface area contributed by atoms with Crippen LogP contribution >= 0.6 is 15.9 Å². The fourth-order valence-corrected chi connectivity index (χ4v) is 4.47. The molecule has 4 unspecified atom stereocenters. The minimum absolute atomic E-state index is 0.275. The lowest BCUT2D eigenvalue weighted by atomic mass is 9.82. The molecule has 1 saturated carbocycles. The third-order valence-corrected chi connectivity index (χ3v) is 5.47. The molecule has 0 aromatic carbocycles. The van der Waals surface area contributed by atoms with E-state index in [9.17, 15) is 0 Å². The van der Waals surface area contributed by atoms with Crippen molar-refractivity contribution in [1.82, 2.24) is 0 Å². The van der Waals surface area contributed by atoms with Gasteiger partial charge in [0.15, 0.2) is 0 Å². The molecule has 0 bridgehead atoms. The normalized spacial score (nSPS) is 45.5. The number of allylic oxidation sites excluding steroid dienone is 4. The van der Waals surface area contributed by atoms with Gasteiger partial charge in [-0.2, -0.15) is 0 Å². The number of rotatable bonds is 2. The van der Waals surface area contributed by atoms with Crippen LogP contribution in [0.15, 0.2) is 24.3 Å². The predicted molar refractivity (Wildman–Crippen MR) is 65.6 cm³/mol. The van der Waals surface area contributed by atoms with E-state index in [-0.39, 0.29) is 4.32 Å². The topological polar surface area (TPSA) is 0 Å². The molecule has 2 rings (SSSR count). The molecule has 2 aliphatic rings. The number of hydrogen-bond donors (Lipinski definition) is 0. The van der Waals surface area contributed by atoms with Crippen molar-refractivity contribution < 1.29 is 0 Å². The molecule has 1 fully saturated rings. The Bertz CT molecular complexity index is 266. The van der Waals surface area contributed by atoms with Crippen LogP contribution < -0.4 is 0 Å². The second kappa shape index (κ2) is 3.84. The Morgan fingerprint density at radius 2 is 2.07 bits per heavy atom. The third-order valence-electron chi connectivity index (χ3n) is 4.03. The van der Waals surface area contributed by atoms with E-state index < -0.39 is 0 Å². The molecule has 0 aromatic rings. The Labute approximate surface area is 95.6 Å². The first-order valence-electron chi connectivity index (χ1n) is 5.77. The summed E-state index contributed by atoms with van der Waals surface area (Å²) >= 11 is 3.99. The smallest absolute Gasteiger partial charge is 0.0533 e. The van der Waals surface area contributed by atoms with Crippen LogP contribution in [0.25, 0.3) is 0 Å². The van der Waals surface area contributed by atoms with Crippen LogP contribution in [0.2, 0.25) is 0 Å².